The van der Waals surface area contributed by atoms with E-state index in [1.807, 2.05) is 0 Å². The second-order valence-electron chi connectivity index (χ2n) is 5.36. The van der Waals surface area contributed by atoms with Crippen LogP contribution in [0.3, 0.4) is 0 Å². The molecule has 2 amide bonds. The van der Waals surface area contributed by atoms with Crippen LogP contribution < -0.4 is 16.0 Å². The van der Waals surface area contributed by atoms with Gasteiger partial charge in [-0.25, -0.2) is 0 Å². The molecule has 6 heteroatoms. The number of aliphatic carboxylic acids is 1. The Morgan fingerprint density at radius 2 is 1.50 bits per heavy atom. The number of rotatable bonds is 7. The first-order chi connectivity index (χ1) is 9.58. The first-order valence-electron chi connectivity index (χ1n) is 7.35. The number of amides is 2. The lowest BCUT2D eigenvalue weighted by Gasteiger charge is -2.21. The van der Waals surface area contributed by atoms with Crippen LogP contribution >= 0.6 is 0 Å². The standard InChI is InChI=1S/C14H24N2O4/c17-12(7-4-8-14(19)20)15-16-13(18)10-9-11-5-2-1-3-6-11/h11H,1-10H2,(H,15,17)(H,16,18)(H,19,20)/p-1. The lowest BCUT2D eigenvalue weighted by atomic mass is 9.86. The van der Waals surface area contributed by atoms with Crippen molar-refractivity contribution in [3.05, 3.63) is 0 Å². The predicted octanol–water partition coefficient (Wildman–Crippen LogP) is 0.414. The van der Waals surface area contributed by atoms with Crippen LogP contribution in [0.4, 0.5) is 0 Å². The van der Waals surface area contributed by atoms with E-state index in [0.717, 1.165) is 6.42 Å². The second kappa shape index (κ2) is 9.34. The van der Waals surface area contributed by atoms with Gasteiger partial charge < -0.3 is 9.90 Å². The van der Waals surface area contributed by atoms with Crippen molar-refractivity contribution in [1.29, 1.82) is 0 Å². The zero-order chi connectivity index (χ0) is 14.8. The van der Waals surface area contributed by atoms with Crippen LogP contribution in [0, 0.1) is 5.92 Å². The van der Waals surface area contributed by atoms with Crippen molar-refractivity contribution < 1.29 is 19.5 Å². The maximum atomic E-state index is 11.5. The van der Waals surface area contributed by atoms with Gasteiger partial charge in [0.05, 0.1) is 0 Å². The van der Waals surface area contributed by atoms with Crippen LogP contribution in [0.2, 0.25) is 0 Å². The summed E-state index contributed by atoms with van der Waals surface area (Å²) in [4.78, 5) is 33.0. The van der Waals surface area contributed by atoms with E-state index in [0.29, 0.717) is 12.3 Å². The summed E-state index contributed by atoms with van der Waals surface area (Å²) in [5.41, 5.74) is 4.65. The highest BCUT2D eigenvalue weighted by Crippen LogP contribution is 2.26. The van der Waals surface area contributed by atoms with Gasteiger partial charge in [-0.1, -0.05) is 32.1 Å². The van der Waals surface area contributed by atoms with Gasteiger partial charge in [0.25, 0.3) is 0 Å². The van der Waals surface area contributed by atoms with Crippen LogP contribution in [-0.2, 0) is 14.4 Å². The monoisotopic (exact) mass is 283 g/mol. The van der Waals surface area contributed by atoms with E-state index in [4.69, 9.17) is 0 Å². The Balaban J connectivity index is 2.03. The topological polar surface area (TPSA) is 98.3 Å². The van der Waals surface area contributed by atoms with E-state index >= 15 is 0 Å². The van der Waals surface area contributed by atoms with E-state index in [9.17, 15) is 19.5 Å². The molecule has 1 fully saturated rings. The van der Waals surface area contributed by atoms with Crippen molar-refractivity contribution in [3.8, 4) is 0 Å². The molecule has 0 aromatic rings. The zero-order valence-corrected chi connectivity index (χ0v) is 11.8. The number of hydrogen-bond donors (Lipinski definition) is 2. The van der Waals surface area contributed by atoms with Crippen molar-refractivity contribution in [1.82, 2.24) is 10.9 Å². The summed E-state index contributed by atoms with van der Waals surface area (Å²) in [5.74, 6) is -1.11. The molecule has 1 aliphatic rings. The molecule has 0 saturated heterocycles. The maximum absolute atomic E-state index is 11.5. The first kappa shape index (κ1) is 16.5. The number of nitrogens with one attached hydrogen (secondary N) is 2. The molecule has 0 radical (unpaired) electrons. The first-order valence-corrected chi connectivity index (χ1v) is 7.35. The lowest BCUT2D eigenvalue weighted by Crippen LogP contribution is -2.41. The van der Waals surface area contributed by atoms with Crippen LogP contribution in [0.5, 0.6) is 0 Å². The normalized spacial score (nSPS) is 15.6. The number of carbonyl (C=O) groups is 3. The van der Waals surface area contributed by atoms with Gasteiger partial charge in [0, 0.05) is 18.8 Å². The minimum Gasteiger partial charge on any atom is -0.550 e. The molecule has 0 atom stereocenters. The van der Waals surface area contributed by atoms with Crippen LogP contribution in [-0.4, -0.2) is 17.8 Å². The molecule has 1 rings (SSSR count). The second-order valence-corrected chi connectivity index (χ2v) is 5.36. The summed E-state index contributed by atoms with van der Waals surface area (Å²) in [6.07, 6.45) is 7.61. The van der Waals surface area contributed by atoms with Crippen molar-refractivity contribution in [3.63, 3.8) is 0 Å². The number of carbonyl (C=O) groups excluding carboxylic acids is 3. The van der Waals surface area contributed by atoms with Crippen LogP contribution in [0.15, 0.2) is 0 Å². The molecule has 0 spiro atoms. The average Bonchev–Trinajstić information content (AvgIpc) is 2.43. The number of carboxylic acid groups (broad SMARTS) is 1. The van der Waals surface area contributed by atoms with E-state index in [1.54, 1.807) is 0 Å². The van der Waals surface area contributed by atoms with Gasteiger partial charge in [-0.15, -0.1) is 0 Å². The molecule has 0 unspecified atom stereocenters. The molecular weight excluding hydrogens is 260 g/mol. The number of hydrogen-bond acceptors (Lipinski definition) is 4. The molecule has 0 heterocycles. The van der Waals surface area contributed by atoms with Gasteiger partial charge in [0.2, 0.25) is 11.8 Å². The summed E-state index contributed by atoms with van der Waals surface area (Å²) in [7, 11) is 0. The van der Waals surface area contributed by atoms with E-state index < -0.39 is 5.97 Å². The Morgan fingerprint density at radius 3 is 2.10 bits per heavy atom. The Morgan fingerprint density at radius 1 is 0.900 bits per heavy atom. The van der Waals surface area contributed by atoms with Crippen molar-refractivity contribution >= 4 is 17.8 Å². The van der Waals surface area contributed by atoms with Crippen molar-refractivity contribution in [2.45, 2.75) is 64.2 Å². The highest BCUT2D eigenvalue weighted by Gasteiger charge is 2.14. The Labute approximate surface area is 119 Å². The van der Waals surface area contributed by atoms with Gasteiger partial charge in [0.1, 0.15) is 0 Å². The molecule has 2 N–H and O–H groups in total. The average molecular weight is 283 g/mol. The molecule has 0 aromatic carbocycles. The molecule has 0 aromatic heterocycles. The van der Waals surface area contributed by atoms with Crippen LogP contribution in [0.1, 0.15) is 64.2 Å². The molecule has 6 nitrogen and oxygen atoms in total. The molecular formula is C14H23N2O4-. The zero-order valence-electron chi connectivity index (χ0n) is 11.8. The fourth-order valence-corrected chi connectivity index (χ4v) is 2.47. The van der Waals surface area contributed by atoms with Gasteiger partial charge >= 0.3 is 0 Å². The molecule has 114 valence electrons. The quantitative estimate of drug-likeness (QED) is 0.661. The van der Waals surface area contributed by atoms with Crippen molar-refractivity contribution in [2.24, 2.45) is 5.92 Å². The van der Waals surface area contributed by atoms with Crippen molar-refractivity contribution in [2.75, 3.05) is 0 Å². The fraction of sp³-hybridized carbons (Fsp3) is 0.786. The van der Waals surface area contributed by atoms with E-state index in [2.05, 4.69) is 10.9 Å². The summed E-state index contributed by atoms with van der Waals surface area (Å²) in [6, 6.07) is 0. The lowest BCUT2D eigenvalue weighted by molar-refractivity contribution is -0.305. The number of hydrazine groups is 1. The SMILES string of the molecule is O=C([O-])CCCC(=O)NNC(=O)CCC1CCCCC1. The van der Waals surface area contributed by atoms with Gasteiger partial charge in [-0.3, -0.25) is 20.4 Å². The largest absolute Gasteiger partial charge is 0.550 e. The molecule has 1 saturated carbocycles. The molecule has 1 aliphatic carbocycles. The summed E-state index contributed by atoms with van der Waals surface area (Å²) in [5, 5.41) is 10.2. The third-order valence-corrected chi connectivity index (χ3v) is 3.63. The Hall–Kier alpha value is -1.59. The third-order valence-electron chi connectivity index (χ3n) is 3.63. The van der Waals surface area contributed by atoms with Crippen LogP contribution in [0.25, 0.3) is 0 Å². The molecule has 0 bridgehead atoms. The summed E-state index contributed by atoms with van der Waals surface area (Å²) < 4.78 is 0. The highest BCUT2D eigenvalue weighted by molar-refractivity contribution is 5.82. The third kappa shape index (κ3) is 7.76. The summed E-state index contributed by atoms with van der Waals surface area (Å²) >= 11 is 0. The molecule has 20 heavy (non-hydrogen) atoms. The Bertz CT molecular complexity index is 338. The minimum atomic E-state index is -1.17. The van der Waals surface area contributed by atoms with Gasteiger partial charge in [0.15, 0.2) is 0 Å². The van der Waals surface area contributed by atoms with E-state index in [1.165, 1.54) is 32.1 Å². The highest BCUT2D eigenvalue weighted by atomic mass is 16.4. The predicted molar refractivity (Wildman–Crippen MR) is 71.0 cm³/mol. The Kier molecular flexibility index (Phi) is 7.69. The van der Waals surface area contributed by atoms with Gasteiger partial charge in [-0.05, 0) is 25.2 Å². The molecule has 0 aliphatic heterocycles. The fourth-order valence-electron chi connectivity index (χ4n) is 2.47. The smallest absolute Gasteiger partial charge is 0.238 e. The van der Waals surface area contributed by atoms with Gasteiger partial charge in [-0.2, -0.15) is 0 Å². The van der Waals surface area contributed by atoms with E-state index in [-0.39, 0.29) is 31.1 Å². The summed E-state index contributed by atoms with van der Waals surface area (Å²) in [6.45, 7) is 0. The minimum absolute atomic E-state index is 0.0664. The number of carboxylic acids is 1. The maximum Gasteiger partial charge on any atom is 0.238 e.